The van der Waals surface area contributed by atoms with Gasteiger partial charge in [-0.1, -0.05) is 42.5 Å². The fourth-order valence-electron chi connectivity index (χ4n) is 4.66. The molecule has 0 bridgehead atoms. The number of amides is 1. The molecule has 1 amide bonds. The smallest absolute Gasteiger partial charge is 0.253 e. The molecule has 1 aromatic heterocycles. The largest absolute Gasteiger partial charge is 0.336 e. The van der Waals surface area contributed by atoms with Gasteiger partial charge in [0.15, 0.2) is 5.78 Å². The molecule has 4 aromatic rings. The first-order valence-corrected chi connectivity index (χ1v) is 14.2. The van der Waals surface area contributed by atoms with Crippen molar-refractivity contribution in [3.63, 3.8) is 0 Å². The topological polar surface area (TPSA) is 82.6 Å². The Balaban J connectivity index is 1.19. The van der Waals surface area contributed by atoms with Gasteiger partial charge in [-0.25, -0.2) is 4.21 Å². The molecule has 5 rings (SSSR count). The van der Waals surface area contributed by atoms with Gasteiger partial charge in [-0.05, 0) is 54.8 Å². The number of aromatic nitrogens is 1. The number of carbonyl (C=O) groups excluding carboxylic acids is 2. The van der Waals surface area contributed by atoms with E-state index in [1.54, 1.807) is 43.5 Å². The molecule has 3 aromatic carbocycles. The maximum Gasteiger partial charge on any atom is 0.253 e. The van der Waals surface area contributed by atoms with E-state index in [1.165, 1.54) is 0 Å². The van der Waals surface area contributed by atoms with Crippen LogP contribution >= 0.6 is 0 Å². The second-order valence-electron chi connectivity index (χ2n) is 9.51. The molecule has 38 heavy (non-hydrogen) atoms. The van der Waals surface area contributed by atoms with Crippen molar-refractivity contribution in [1.29, 1.82) is 0 Å². The molecule has 0 aliphatic carbocycles. The first kappa shape index (κ1) is 25.6. The van der Waals surface area contributed by atoms with Crippen LogP contribution in [0.15, 0.2) is 90.0 Å². The van der Waals surface area contributed by atoms with Crippen molar-refractivity contribution in [2.24, 2.45) is 0 Å². The van der Waals surface area contributed by atoms with Crippen LogP contribution in [0.2, 0.25) is 0 Å². The Morgan fingerprint density at radius 3 is 2.24 bits per heavy atom. The van der Waals surface area contributed by atoms with Gasteiger partial charge >= 0.3 is 0 Å². The van der Waals surface area contributed by atoms with Gasteiger partial charge in [-0.2, -0.15) is 0 Å². The summed E-state index contributed by atoms with van der Waals surface area (Å²) in [5, 5.41) is 0.898. The van der Waals surface area contributed by atoms with Gasteiger partial charge in [0.05, 0.1) is 20.1 Å². The molecule has 1 aliphatic rings. The Bertz CT molecular complexity index is 1570. The summed E-state index contributed by atoms with van der Waals surface area (Å²) in [5.74, 6) is 3.99. The number of Topliss-reactive ketones (excluding diaryl/α,β-unsaturated/α-hetero) is 1. The average molecular weight is 527 g/mol. The Morgan fingerprint density at radius 2 is 1.55 bits per heavy atom. The highest BCUT2D eigenvalue weighted by atomic mass is 32.2. The van der Waals surface area contributed by atoms with E-state index < -0.39 is 9.71 Å². The number of hydrogen-bond donors (Lipinski definition) is 1. The van der Waals surface area contributed by atoms with E-state index >= 15 is 0 Å². The van der Waals surface area contributed by atoms with E-state index in [9.17, 15) is 13.8 Å². The fraction of sp³-hybridized carbons (Fsp3) is 0.200. The normalized spacial score (nSPS) is 15.7. The van der Waals surface area contributed by atoms with Gasteiger partial charge in [-0.15, -0.1) is 0 Å². The van der Waals surface area contributed by atoms with Crippen LogP contribution in [0.25, 0.3) is 10.9 Å². The highest BCUT2D eigenvalue weighted by Crippen LogP contribution is 2.24. The molecule has 194 valence electrons. The number of hydrogen-bond acceptors (Lipinski definition) is 5. The Morgan fingerprint density at radius 1 is 0.895 bits per heavy atom. The molecular formula is C30H30N4O3S. The minimum Gasteiger partial charge on any atom is -0.336 e. The highest BCUT2D eigenvalue weighted by molar-refractivity contribution is 8.01. The van der Waals surface area contributed by atoms with Crippen LogP contribution < -0.4 is 4.72 Å². The van der Waals surface area contributed by atoms with Crippen molar-refractivity contribution >= 4 is 43.9 Å². The van der Waals surface area contributed by atoms with Crippen LogP contribution in [-0.2, 0) is 16.3 Å². The SMILES string of the molecule is C=S(=O)(Nc1ccc(C(=O)N2CCN(Cc3ccc(C(C)=O)cc3)CC2)cc1)c1cccc2cccnc12. The second kappa shape index (κ2) is 10.8. The maximum absolute atomic E-state index is 13.5. The molecule has 1 aliphatic heterocycles. The van der Waals surface area contributed by atoms with E-state index in [2.05, 4.69) is 20.5 Å². The number of para-hydroxylation sites is 1. The van der Waals surface area contributed by atoms with E-state index in [-0.39, 0.29) is 11.7 Å². The summed E-state index contributed by atoms with van der Waals surface area (Å²) in [5.41, 5.74) is 3.73. The second-order valence-corrected chi connectivity index (χ2v) is 11.5. The molecule has 1 unspecified atom stereocenters. The number of nitrogens with one attached hydrogen (secondary N) is 1. The molecule has 0 radical (unpaired) electrons. The molecule has 2 heterocycles. The van der Waals surface area contributed by atoms with Crippen molar-refractivity contribution < 1.29 is 13.8 Å². The van der Waals surface area contributed by atoms with E-state index in [0.717, 1.165) is 30.6 Å². The number of anilines is 1. The number of carbonyl (C=O) groups is 2. The number of benzene rings is 3. The number of rotatable bonds is 7. The van der Waals surface area contributed by atoms with Gasteiger partial charge in [0.25, 0.3) is 5.91 Å². The molecule has 0 spiro atoms. The third-order valence-electron chi connectivity index (χ3n) is 6.79. The molecule has 7 nitrogen and oxygen atoms in total. The first-order chi connectivity index (χ1) is 18.3. The van der Waals surface area contributed by atoms with Crippen LogP contribution in [0.3, 0.4) is 0 Å². The molecule has 1 atom stereocenters. The lowest BCUT2D eigenvalue weighted by Crippen LogP contribution is -2.48. The standard InChI is InChI=1S/C30H30N4O3S/c1-22(35)24-10-8-23(9-11-24)21-33-17-19-34(20-18-33)30(36)26-12-14-27(15-13-26)32-38(2,37)28-7-3-5-25-6-4-16-31-29(25)28/h3-16H,2,17-21H2,1H3,(H,32,37). The third-order valence-corrected chi connectivity index (χ3v) is 8.40. The fourth-order valence-corrected chi connectivity index (χ4v) is 6.07. The van der Waals surface area contributed by atoms with Crippen LogP contribution in [0, 0.1) is 0 Å². The summed E-state index contributed by atoms with van der Waals surface area (Å²) in [7, 11) is -2.86. The highest BCUT2D eigenvalue weighted by Gasteiger charge is 2.22. The van der Waals surface area contributed by atoms with Gasteiger partial charge in [0.1, 0.15) is 0 Å². The van der Waals surface area contributed by atoms with Crippen LogP contribution in [0.5, 0.6) is 0 Å². The van der Waals surface area contributed by atoms with Gasteiger partial charge < -0.3 is 9.62 Å². The van der Waals surface area contributed by atoms with E-state index in [4.69, 9.17) is 0 Å². The van der Waals surface area contributed by atoms with Crippen LogP contribution in [0.1, 0.15) is 33.2 Å². The summed E-state index contributed by atoms with van der Waals surface area (Å²) in [4.78, 5) is 33.7. The number of nitrogens with zero attached hydrogens (tertiary/aromatic N) is 3. The molecule has 8 heteroatoms. The summed E-state index contributed by atoms with van der Waals surface area (Å²) in [6, 6.07) is 24.1. The minimum atomic E-state index is -2.86. The first-order valence-electron chi connectivity index (χ1n) is 12.5. The third kappa shape index (κ3) is 5.61. The van der Waals surface area contributed by atoms with Crippen molar-refractivity contribution in [3.8, 4) is 0 Å². The molecule has 1 saturated heterocycles. The Hall–Kier alpha value is -4.01. The number of fused-ring (bicyclic) bond motifs is 1. The van der Waals surface area contributed by atoms with Crippen molar-refractivity contribution in [2.75, 3.05) is 30.9 Å². The van der Waals surface area contributed by atoms with E-state index in [0.29, 0.717) is 40.3 Å². The zero-order valence-electron chi connectivity index (χ0n) is 21.3. The monoisotopic (exact) mass is 526 g/mol. The molecule has 0 saturated carbocycles. The lowest BCUT2D eigenvalue weighted by molar-refractivity contribution is 0.0628. The van der Waals surface area contributed by atoms with Crippen LogP contribution in [0.4, 0.5) is 5.69 Å². The summed E-state index contributed by atoms with van der Waals surface area (Å²) in [6.45, 7) is 5.21. The predicted molar refractivity (Wildman–Crippen MR) is 153 cm³/mol. The predicted octanol–water partition coefficient (Wildman–Crippen LogP) is 4.50. The van der Waals surface area contributed by atoms with Crippen molar-refractivity contribution in [2.45, 2.75) is 18.4 Å². The molecule has 1 N–H and O–H groups in total. The van der Waals surface area contributed by atoms with Crippen molar-refractivity contribution in [1.82, 2.24) is 14.8 Å². The lowest BCUT2D eigenvalue weighted by atomic mass is 10.1. The van der Waals surface area contributed by atoms with Gasteiger partial charge in [-0.3, -0.25) is 19.5 Å². The number of piperazine rings is 1. The van der Waals surface area contributed by atoms with Gasteiger partial charge in [0.2, 0.25) is 0 Å². The Labute approximate surface area is 223 Å². The summed E-state index contributed by atoms with van der Waals surface area (Å²) in [6.07, 6.45) is 1.68. The molecule has 1 fully saturated rings. The number of pyridine rings is 1. The summed E-state index contributed by atoms with van der Waals surface area (Å²) >= 11 is 0. The molecular weight excluding hydrogens is 496 g/mol. The minimum absolute atomic E-state index is 0.0179. The number of ketones is 1. The zero-order chi connectivity index (χ0) is 26.7. The Kier molecular flexibility index (Phi) is 7.26. The van der Waals surface area contributed by atoms with Gasteiger partial charge in [0, 0.05) is 61.1 Å². The lowest BCUT2D eigenvalue weighted by Gasteiger charge is -2.34. The van der Waals surface area contributed by atoms with Crippen LogP contribution in [-0.4, -0.2) is 62.7 Å². The maximum atomic E-state index is 13.5. The summed E-state index contributed by atoms with van der Waals surface area (Å²) < 4.78 is 16.5. The quantitative estimate of drug-likeness (QED) is 0.283. The van der Waals surface area contributed by atoms with E-state index in [1.807, 2.05) is 53.4 Å². The van der Waals surface area contributed by atoms with Crippen molar-refractivity contribution in [3.05, 3.63) is 102 Å². The average Bonchev–Trinajstić information content (AvgIpc) is 2.93. The zero-order valence-corrected chi connectivity index (χ0v) is 22.1.